The first-order chi connectivity index (χ1) is 13.6. The van der Waals surface area contributed by atoms with Crippen molar-refractivity contribution in [3.8, 4) is 11.9 Å². The van der Waals surface area contributed by atoms with Crippen LogP contribution in [0.4, 0.5) is 0 Å². The molecule has 140 valence electrons. The number of rotatable bonds is 4. The molecule has 2 heterocycles. The predicted octanol–water partition coefficient (Wildman–Crippen LogP) is 5.31. The molecule has 1 aliphatic heterocycles. The van der Waals surface area contributed by atoms with E-state index < -0.39 is 5.92 Å². The monoisotopic (exact) mass is 408 g/mol. The minimum absolute atomic E-state index is 0.0933. The van der Waals surface area contributed by atoms with Gasteiger partial charge in [0.25, 0.3) is 0 Å². The number of nitrogens with one attached hydrogen (secondary N) is 2. The van der Waals surface area contributed by atoms with Crippen molar-refractivity contribution in [1.29, 1.82) is 10.7 Å². The Morgan fingerprint density at radius 3 is 2.79 bits per heavy atom. The number of nitrogens with zero attached hydrogens (tertiary/aromatic N) is 2. The number of nitriles is 1. The Hall–Kier alpha value is -2.75. The Morgan fingerprint density at radius 2 is 2.07 bits per heavy atom. The Morgan fingerprint density at radius 1 is 1.29 bits per heavy atom. The van der Waals surface area contributed by atoms with Crippen LogP contribution in [0.15, 0.2) is 53.4 Å². The van der Waals surface area contributed by atoms with E-state index in [1.165, 1.54) is 5.56 Å². The van der Waals surface area contributed by atoms with E-state index in [0.29, 0.717) is 16.7 Å². The van der Waals surface area contributed by atoms with Crippen LogP contribution in [0.1, 0.15) is 28.3 Å². The van der Waals surface area contributed by atoms with E-state index in [1.54, 1.807) is 17.8 Å². The summed E-state index contributed by atoms with van der Waals surface area (Å²) >= 11 is 7.87. The maximum Gasteiger partial charge on any atom is 0.243 e. The minimum atomic E-state index is -0.730. The van der Waals surface area contributed by atoms with E-state index in [9.17, 15) is 5.26 Å². The molecule has 0 amide bonds. The van der Waals surface area contributed by atoms with Gasteiger partial charge in [-0.2, -0.15) is 5.26 Å². The Bertz CT molecular complexity index is 1070. The molecule has 0 saturated heterocycles. The molecule has 0 saturated carbocycles. The minimum Gasteiger partial charge on any atom is -0.422 e. The van der Waals surface area contributed by atoms with Gasteiger partial charge in [-0.3, -0.25) is 10.5 Å². The molecule has 1 aliphatic rings. The highest BCUT2D eigenvalue weighted by atomic mass is 35.5. The summed E-state index contributed by atoms with van der Waals surface area (Å²) in [6, 6.07) is 18.0. The Labute approximate surface area is 172 Å². The van der Waals surface area contributed by atoms with Crippen LogP contribution in [0.25, 0.3) is 0 Å². The smallest absolute Gasteiger partial charge is 0.243 e. The number of benzene rings is 2. The van der Waals surface area contributed by atoms with Gasteiger partial charge in [0.05, 0.1) is 11.8 Å². The average Bonchev–Trinajstić information content (AvgIpc) is 3.08. The summed E-state index contributed by atoms with van der Waals surface area (Å²) < 4.78 is 5.54. The molecule has 2 aromatic carbocycles. The van der Waals surface area contributed by atoms with Crippen LogP contribution in [0, 0.1) is 29.6 Å². The molecule has 3 aromatic rings. The van der Waals surface area contributed by atoms with Crippen LogP contribution in [0.3, 0.4) is 0 Å². The lowest BCUT2D eigenvalue weighted by Crippen LogP contribution is -2.31. The summed E-state index contributed by atoms with van der Waals surface area (Å²) in [7, 11) is 0. The third-order valence-corrected chi connectivity index (χ3v) is 6.01. The van der Waals surface area contributed by atoms with Crippen molar-refractivity contribution >= 4 is 29.3 Å². The Kier molecular flexibility index (Phi) is 5.12. The van der Waals surface area contributed by atoms with Crippen molar-refractivity contribution < 1.29 is 4.74 Å². The fourth-order valence-electron chi connectivity index (χ4n) is 3.34. The first-order valence-electron chi connectivity index (χ1n) is 8.75. The van der Waals surface area contributed by atoms with Gasteiger partial charge in [-0.25, -0.2) is 0 Å². The number of fused-ring (bicyclic) bond motifs is 1. The van der Waals surface area contributed by atoms with Crippen LogP contribution >= 0.6 is 23.4 Å². The molecule has 0 spiro atoms. The van der Waals surface area contributed by atoms with E-state index in [4.69, 9.17) is 21.7 Å². The summed E-state index contributed by atoms with van der Waals surface area (Å²) in [5, 5.41) is 25.7. The van der Waals surface area contributed by atoms with E-state index in [2.05, 4.69) is 47.5 Å². The van der Waals surface area contributed by atoms with Crippen molar-refractivity contribution in [2.45, 2.75) is 23.5 Å². The Balaban J connectivity index is 1.72. The molecule has 4 rings (SSSR count). The van der Waals surface area contributed by atoms with E-state index in [-0.39, 0.29) is 11.8 Å². The number of aromatic amines is 1. The quantitative estimate of drug-likeness (QED) is 0.573. The number of aromatic nitrogens is 2. The summed E-state index contributed by atoms with van der Waals surface area (Å²) in [5.41, 5.74) is 3.80. The molecule has 0 fully saturated rings. The number of halogens is 1. The van der Waals surface area contributed by atoms with Crippen LogP contribution in [-0.4, -0.2) is 16.1 Å². The third-order valence-electron chi connectivity index (χ3n) is 4.73. The molecule has 0 aliphatic carbocycles. The fraction of sp³-hybridized carbons (Fsp3) is 0.190. The molecule has 2 atom stereocenters. The molecule has 0 bridgehead atoms. The summed E-state index contributed by atoms with van der Waals surface area (Å²) in [6.07, 6.45) is 0. The van der Waals surface area contributed by atoms with Crippen LogP contribution in [-0.2, 0) is 5.75 Å². The molecule has 5 nitrogen and oxygen atoms in total. The zero-order chi connectivity index (χ0) is 19.7. The topological polar surface area (TPSA) is 85.5 Å². The lowest BCUT2D eigenvalue weighted by atomic mass is 9.80. The number of H-pyrrole nitrogens is 1. The summed E-state index contributed by atoms with van der Waals surface area (Å²) in [6.45, 7) is 2.06. The van der Waals surface area contributed by atoms with Crippen LogP contribution < -0.4 is 4.74 Å². The van der Waals surface area contributed by atoms with Crippen molar-refractivity contribution in [2.75, 3.05) is 0 Å². The molecule has 1 aromatic heterocycles. The van der Waals surface area contributed by atoms with Crippen molar-refractivity contribution in [1.82, 2.24) is 10.2 Å². The predicted molar refractivity (Wildman–Crippen MR) is 110 cm³/mol. The molecular weight excluding hydrogens is 392 g/mol. The van der Waals surface area contributed by atoms with Gasteiger partial charge in [-0.15, -0.1) is 16.9 Å². The lowest BCUT2D eigenvalue weighted by molar-refractivity contribution is 0.436. The van der Waals surface area contributed by atoms with Crippen LogP contribution in [0.5, 0.6) is 5.88 Å². The number of hydrogen-bond acceptors (Lipinski definition) is 5. The molecule has 2 N–H and O–H groups in total. The van der Waals surface area contributed by atoms with Gasteiger partial charge in [-0.1, -0.05) is 41.4 Å². The van der Waals surface area contributed by atoms with Gasteiger partial charge in [0.1, 0.15) is 5.92 Å². The van der Waals surface area contributed by atoms with Crippen LogP contribution in [0.2, 0.25) is 5.02 Å². The third kappa shape index (κ3) is 3.51. The van der Waals surface area contributed by atoms with Crippen molar-refractivity contribution in [3.05, 3.63) is 75.9 Å². The van der Waals surface area contributed by atoms with Gasteiger partial charge in [0.15, 0.2) is 0 Å². The maximum absolute atomic E-state index is 9.71. The first kappa shape index (κ1) is 18.6. The van der Waals surface area contributed by atoms with Gasteiger partial charge >= 0.3 is 0 Å². The second kappa shape index (κ2) is 7.70. The van der Waals surface area contributed by atoms with E-state index in [0.717, 1.165) is 21.7 Å². The van der Waals surface area contributed by atoms with Crippen molar-refractivity contribution in [2.24, 2.45) is 5.92 Å². The standard InChI is InChI=1S/C21H17ClN4OS/c1-12-5-7-15(8-6-12)28-11-17-19-18(13-3-2-4-14(22)9-13)16(10-23)20(24)27-21(19)26-25-17/h2-9,16,18,24H,11H2,1H3,(H,25,26). The number of aryl methyl sites for hydroxylation is 1. The second-order valence-corrected chi connectivity index (χ2v) is 8.11. The zero-order valence-electron chi connectivity index (χ0n) is 15.1. The van der Waals surface area contributed by atoms with Crippen molar-refractivity contribution in [3.63, 3.8) is 0 Å². The van der Waals surface area contributed by atoms with E-state index in [1.807, 2.05) is 18.2 Å². The van der Waals surface area contributed by atoms with Gasteiger partial charge < -0.3 is 4.74 Å². The molecule has 2 unspecified atom stereocenters. The normalized spacial score (nSPS) is 18.2. The largest absolute Gasteiger partial charge is 0.422 e. The number of hydrogen-bond donors (Lipinski definition) is 2. The lowest BCUT2D eigenvalue weighted by Gasteiger charge is -2.28. The van der Waals surface area contributed by atoms with Gasteiger partial charge in [0, 0.05) is 27.2 Å². The SMILES string of the molecule is Cc1ccc(SCc2[nH]nc3c2C(c2cccc(Cl)c2)C(C#N)C(=N)O3)cc1. The zero-order valence-corrected chi connectivity index (χ0v) is 16.6. The molecular formula is C21H17ClN4OS. The average molecular weight is 409 g/mol. The highest BCUT2D eigenvalue weighted by Crippen LogP contribution is 2.44. The summed E-state index contributed by atoms with van der Waals surface area (Å²) in [5.74, 6) is -0.165. The number of ether oxygens (including phenoxy) is 1. The molecule has 7 heteroatoms. The molecule has 0 radical (unpaired) electrons. The summed E-state index contributed by atoms with van der Waals surface area (Å²) in [4.78, 5) is 1.15. The van der Waals surface area contributed by atoms with Gasteiger partial charge in [-0.05, 0) is 36.8 Å². The maximum atomic E-state index is 9.71. The highest BCUT2D eigenvalue weighted by Gasteiger charge is 2.40. The van der Waals surface area contributed by atoms with Gasteiger partial charge in [0.2, 0.25) is 11.8 Å². The first-order valence-corrected chi connectivity index (χ1v) is 10.1. The fourth-order valence-corrected chi connectivity index (χ4v) is 4.40. The highest BCUT2D eigenvalue weighted by molar-refractivity contribution is 7.98. The molecule has 28 heavy (non-hydrogen) atoms. The van der Waals surface area contributed by atoms with E-state index >= 15 is 0 Å². The number of thioether (sulfide) groups is 1. The second-order valence-electron chi connectivity index (χ2n) is 6.63.